The lowest BCUT2D eigenvalue weighted by Crippen LogP contribution is -2.54. The van der Waals surface area contributed by atoms with Crippen molar-refractivity contribution in [2.75, 3.05) is 19.7 Å². The van der Waals surface area contributed by atoms with Crippen molar-refractivity contribution in [3.8, 4) is 0 Å². The number of aryl methyl sites for hydroxylation is 2. The molecule has 0 saturated carbocycles. The van der Waals surface area contributed by atoms with Gasteiger partial charge in [-0.15, -0.1) is 11.3 Å². The smallest absolute Gasteiger partial charge is 0.310 e. The zero-order chi connectivity index (χ0) is 21.4. The lowest BCUT2D eigenvalue weighted by molar-refractivity contribution is -0.157. The van der Waals surface area contributed by atoms with E-state index in [4.69, 9.17) is 0 Å². The van der Waals surface area contributed by atoms with Crippen LogP contribution in [0.5, 0.6) is 0 Å². The normalized spacial score (nSPS) is 23.6. The van der Waals surface area contributed by atoms with Crippen LogP contribution in [0.3, 0.4) is 0 Å². The molecule has 2 aromatic rings. The van der Waals surface area contributed by atoms with Crippen molar-refractivity contribution in [3.05, 3.63) is 22.3 Å². The summed E-state index contributed by atoms with van der Waals surface area (Å²) in [6.07, 6.45) is 2.11. The maximum Gasteiger partial charge on any atom is 0.310 e. The molecule has 2 aromatic heterocycles. The Bertz CT molecular complexity index is 856. The summed E-state index contributed by atoms with van der Waals surface area (Å²) in [5.41, 5.74) is 1.73. The molecular formula is C22H33N3O3S. The number of aliphatic carboxylic acids is 1. The number of thiophene rings is 1. The molecule has 1 aliphatic heterocycles. The van der Waals surface area contributed by atoms with Crippen LogP contribution in [0.4, 0.5) is 0 Å². The van der Waals surface area contributed by atoms with Gasteiger partial charge in [0.05, 0.1) is 16.8 Å². The van der Waals surface area contributed by atoms with Crippen LogP contribution in [0.1, 0.15) is 56.3 Å². The highest BCUT2D eigenvalue weighted by molar-refractivity contribution is 7.18. The first-order valence-corrected chi connectivity index (χ1v) is 11.2. The van der Waals surface area contributed by atoms with E-state index in [0.29, 0.717) is 25.9 Å². The molecule has 0 aliphatic carbocycles. The average Bonchev–Trinajstić information content (AvgIpc) is 3.02. The topological polar surface area (TPSA) is 86.5 Å². The number of aliphatic hydroxyl groups is 1. The molecular weight excluding hydrogens is 386 g/mol. The van der Waals surface area contributed by atoms with Crippen molar-refractivity contribution in [1.29, 1.82) is 0 Å². The number of likely N-dealkylation sites (tertiary alicyclic amines) is 1. The Morgan fingerprint density at radius 1 is 1.34 bits per heavy atom. The zero-order valence-electron chi connectivity index (χ0n) is 18.2. The van der Waals surface area contributed by atoms with Gasteiger partial charge in [-0.2, -0.15) is 0 Å². The number of hydrogen-bond donors (Lipinski definition) is 2. The molecule has 2 N–H and O–H groups in total. The summed E-state index contributed by atoms with van der Waals surface area (Å²) in [6, 6.07) is 2.09. The van der Waals surface area contributed by atoms with E-state index in [1.807, 2.05) is 34.6 Å². The largest absolute Gasteiger partial charge is 0.481 e. The summed E-state index contributed by atoms with van der Waals surface area (Å²) >= 11 is 1.64. The Labute approximate surface area is 177 Å². The maximum absolute atomic E-state index is 12.3. The molecule has 29 heavy (non-hydrogen) atoms. The first kappa shape index (κ1) is 22.1. The third-order valence-electron chi connectivity index (χ3n) is 6.54. The molecule has 1 saturated heterocycles. The van der Waals surface area contributed by atoms with Crippen LogP contribution < -0.4 is 0 Å². The van der Waals surface area contributed by atoms with Crippen LogP contribution in [-0.4, -0.2) is 50.7 Å². The molecule has 1 fully saturated rings. The zero-order valence-corrected chi connectivity index (χ0v) is 19.0. The first-order chi connectivity index (χ1) is 13.6. The molecule has 2 atom stereocenters. The molecule has 0 radical (unpaired) electrons. The molecule has 160 valence electrons. The maximum atomic E-state index is 12.3. The number of fused-ring (bicyclic) bond motifs is 1. The SMILES string of the molecule is CCC[C@@]1(C(=O)O)C[C@@H](C(C)(C)CO)CN(Cc2cc3nc(C)c(C)nc3s2)C1. The summed E-state index contributed by atoms with van der Waals surface area (Å²) < 4.78 is 0. The predicted octanol–water partition coefficient (Wildman–Crippen LogP) is 4.02. The minimum absolute atomic E-state index is 0.0581. The van der Waals surface area contributed by atoms with E-state index < -0.39 is 11.4 Å². The van der Waals surface area contributed by atoms with Gasteiger partial charge in [-0.1, -0.05) is 27.2 Å². The number of aromatic nitrogens is 2. The number of piperidine rings is 1. The van der Waals surface area contributed by atoms with Gasteiger partial charge in [0.15, 0.2) is 0 Å². The van der Waals surface area contributed by atoms with Crippen LogP contribution in [0.2, 0.25) is 0 Å². The van der Waals surface area contributed by atoms with Crippen LogP contribution in [0, 0.1) is 30.6 Å². The van der Waals surface area contributed by atoms with E-state index in [9.17, 15) is 15.0 Å². The lowest BCUT2D eigenvalue weighted by atomic mass is 9.65. The number of carboxylic acids is 1. The van der Waals surface area contributed by atoms with Gasteiger partial charge in [-0.25, -0.2) is 9.97 Å². The molecule has 6 nitrogen and oxygen atoms in total. The van der Waals surface area contributed by atoms with Crippen LogP contribution in [-0.2, 0) is 11.3 Å². The minimum atomic E-state index is -0.759. The molecule has 0 amide bonds. The average molecular weight is 420 g/mol. The highest BCUT2D eigenvalue weighted by Gasteiger charge is 2.48. The van der Waals surface area contributed by atoms with Crippen molar-refractivity contribution in [1.82, 2.24) is 14.9 Å². The molecule has 0 aromatic carbocycles. The molecule has 3 heterocycles. The predicted molar refractivity (Wildman–Crippen MR) is 116 cm³/mol. The lowest BCUT2D eigenvalue weighted by Gasteiger charge is -2.48. The van der Waals surface area contributed by atoms with Gasteiger partial charge in [0, 0.05) is 31.1 Å². The van der Waals surface area contributed by atoms with Gasteiger partial charge in [-0.05, 0) is 44.1 Å². The molecule has 0 unspecified atom stereocenters. The van der Waals surface area contributed by atoms with Crippen molar-refractivity contribution >= 4 is 27.7 Å². The van der Waals surface area contributed by atoms with Gasteiger partial charge in [0.2, 0.25) is 0 Å². The van der Waals surface area contributed by atoms with Crippen LogP contribution >= 0.6 is 11.3 Å². The van der Waals surface area contributed by atoms with E-state index >= 15 is 0 Å². The second-order valence-corrected chi connectivity index (χ2v) is 10.5. The standard InChI is InChI=1S/C22H33N3O3S/c1-6-7-22(20(27)28)9-16(21(4,5)13-26)10-25(12-22)11-17-8-18-19(29-17)24-15(3)14(2)23-18/h8,16,26H,6-7,9-13H2,1-5H3,(H,27,28)/t16-,22-/m1/s1. The van der Waals surface area contributed by atoms with E-state index in [2.05, 4.69) is 20.9 Å². The fourth-order valence-corrected chi connectivity index (χ4v) is 5.53. The minimum Gasteiger partial charge on any atom is -0.481 e. The first-order valence-electron chi connectivity index (χ1n) is 10.4. The molecule has 0 spiro atoms. The Morgan fingerprint density at radius 2 is 2.03 bits per heavy atom. The number of carbonyl (C=O) groups is 1. The van der Waals surface area contributed by atoms with E-state index in [-0.39, 0.29) is 17.9 Å². The van der Waals surface area contributed by atoms with Crippen molar-refractivity contribution < 1.29 is 15.0 Å². The third-order valence-corrected chi connectivity index (χ3v) is 7.54. The van der Waals surface area contributed by atoms with Gasteiger partial charge in [-0.3, -0.25) is 9.69 Å². The monoisotopic (exact) mass is 419 g/mol. The number of nitrogens with zero attached hydrogens (tertiary/aromatic N) is 3. The van der Waals surface area contributed by atoms with Crippen LogP contribution in [0.25, 0.3) is 10.3 Å². The van der Waals surface area contributed by atoms with Gasteiger partial charge in [0.1, 0.15) is 10.3 Å². The number of carboxylic acid groups (broad SMARTS) is 1. The van der Waals surface area contributed by atoms with Gasteiger partial charge in [0.25, 0.3) is 0 Å². The number of hydrogen-bond acceptors (Lipinski definition) is 6. The highest BCUT2D eigenvalue weighted by Crippen LogP contribution is 2.44. The molecule has 7 heteroatoms. The van der Waals surface area contributed by atoms with E-state index in [1.165, 1.54) is 0 Å². The molecule has 3 rings (SSSR count). The molecule has 1 aliphatic rings. The Balaban J connectivity index is 1.91. The van der Waals surface area contributed by atoms with Crippen LogP contribution in [0.15, 0.2) is 6.07 Å². The summed E-state index contributed by atoms with van der Waals surface area (Å²) in [5.74, 6) is -0.590. The van der Waals surface area contributed by atoms with E-state index in [1.54, 1.807) is 11.3 Å². The summed E-state index contributed by atoms with van der Waals surface area (Å²) in [4.78, 5) is 26.0. The van der Waals surface area contributed by atoms with Gasteiger partial charge < -0.3 is 10.2 Å². The van der Waals surface area contributed by atoms with Crippen molar-refractivity contribution in [3.63, 3.8) is 0 Å². The van der Waals surface area contributed by atoms with Crippen molar-refractivity contribution in [2.24, 2.45) is 16.7 Å². The fourth-order valence-electron chi connectivity index (χ4n) is 4.47. The quantitative estimate of drug-likeness (QED) is 0.705. The summed E-state index contributed by atoms with van der Waals surface area (Å²) in [5, 5.41) is 20.1. The summed E-state index contributed by atoms with van der Waals surface area (Å²) in [6.45, 7) is 12.2. The number of rotatable bonds is 7. The number of aliphatic hydroxyl groups excluding tert-OH is 1. The van der Waals surface area contributed by atoms with Gasteiger partial charge >= 0.3 is 5.97 Å². The summed E-state index contributed by atoms with van der Waals surface area (Å²) in [7, 11) is 0. The second-order valence-electron chi connectivity index (χ2n) is 9.35. The Hall–Kier alpha value is -1.57. The molecule has 0 bridgehead atoms. The Morgan fingerprint density at radius 3 is 2.66 bits per heavy atom. The second kappa shape index (κ2) is 8.28. The van der Waals surface area contributed by atoms with Crippen molar-refractivity contribution in [2.45, 2.75) is 60.4 Å². The fraction of sp³-hybridized carbons (Fsp3) is 0.682. The highest BCUT2D eigenvalue weighted by atomic mass is 32.1. The Kier molecular flexibility index (Phi) is 6.32. The van der Waals surface area contributed by atoms with E-state index in [0.717, 1.165) is 39.6 Å². The third kappa shape index (κ3) is 4.47.